The molecule has 0 aromatic heterocycles. The molecule has 0 spiro atoms. The van der Waals surface area contributed by atoms with Gasteiger partial charge in [-0.05, 0) is 68.6 Å². The van der Waals surface area contributed by atoms with Crippen LogP contribution < -0.4 is 10.6 Å². The van der Waals surface area contributed by atoms with E-state index in [9.17, 15) is 29.7 Å². The van der Waals surface area contributed by atoms with E-state index in [-0.39, 0.29) is 30.0 Å². The van der Waals surface area contributed by atoms with Crippen LogP contribution in [0.1, 0.15) is 66.2 Å². The van der Waals surface area contributed by atoms with Crippen molar-refractivity contribution in [1.29, 1.82) is 0 Å². The molecule has 0 aliphatic heterocycles. The van der Waals surface area contributed by atoms with Gasteiger partial charge in [0.15, 0.2) is 6.10 Å². The molecule has 0 radical (unpaired) electrons. The topological polar surface area (TPSA) is 154 Å². The molecule has 0 aromatic rings. The van der Waals surface area contributed by atoms with Gasteiger partial charge in [0.25, 0.3) is 5.91 Å². The zero-order valence-electron chi connectivity index (χ0n) is 23.3. The number of methoxy groups -OCH3 is 1. The van der Waals surface area contributed by atoms with Crippen LogP contribution in [0.25, 0.3) is 0 Å². The Labute approximate surface area is 225 Å². The maximum atomic E-state index is 12.9. The molecule has 4 aliphatic rings. The van der Waals surface area contributed by atoms with Crippen LogP contribution in [0.2, 0.25) is 0 Å². The summed E-state index contributed by atoms with van der Waals surface area (Å²) in [6.45, 7) is 7.35. The van der Waals surface area contributed by atoms with Crippen molar-refractivity contribution in [2.24, 2.45) is 28.6 Å². The van der Waals surface area contributed by atoms with Gasteiger partial charge in [0, 0.05) is 7.11 Å². The number of nitrogens with one attached hydrogen (secondary N) is 2. The highest BCUT2D eigenvalue weighted by Gasteiger charge is 2.55. The average Bonchev–Trinajstić information content (AvgIpc) is 2.83. The standard InChI is InChI=1S/C28H46N2O8/c1-16(30-25(35)23(37-5)22(33)21(32)20(31)6-7-27(2,3)4)24(34)29-8-9-38-26(36)28-13-17-10-18(14-28)12-19(11-17)15-28/h6-7,16-23,31-33H,8-15H2,1-5H3,(H,29,34)(H,30,35)/t16-,17?,18?,19?,20+,21-,22+,23+,28?/m0/s1. The molecule has 5 N–H and O–H groups in total. The van der Waals surface area contributed by atoms with Gasteiger partial charge in [-0.25, -0.2) is 0 Å². The Balaban J connectivity index is 1.41. The van der Waals surface area contributed by atoms with Gasteiger partial charge in [-0.15, -0.1) is 0 Å². The van der Waals surface area contributed by atoms with Crippen LogP contribution in [0.4, 0.5) is 0 Å². The van der Waals surface area contributed by atoms with E-state index in [1.165, 1.54) is 39.4 Å². The van der Waals surface area contributed by atoms with Crippen LogP contribution in [-0.2, 0) is 23.9 Å². The van der Waals surface area contributed by atoms with Crippen LogP contribution in [0.3, 0.4) is 0 Å². The molecule has 5 atom stereocenters. The predicted octanol–water partition coefficient (Wildman–Crippen LogP) is 1.07. The molecule has 4 aliphatic carbocycles. The van der Waals surface area contributed by atoms with Crippen LogP contribution >= 0.6 is 0 Å². The first-order chi connectivity index (χ1) is 17.7. The van der Waals surface area contributed by atoms with Crippen molar-refractivity contribution < 1.29 is 39.2 Å². The number of hydrogen-bond donors (Lipinski definition) is 5. The first-order valence-electron chi connectivity index (χ1n) is 13.8. The van der Waals surface area contributed by atoms with Gasteiger partial charge >= 0.3 is 5.97 Å². The summed E-state index contributed by atoms with van der Waals surface area (Å²) < 4.78 is 10.6. The van der Waals surface area contributed by atoms with Crippen LogP contribution in [-0.4, -0.2) is 83.8 Å². The molecule has 4 rings (SSSR count). The van der Waals surface area contributed by atoms with E-state index in [2.05, 4.69) is 10.6 Å². The summed E-state index contributed by atoms with van der Waals surface area (Å²) in [7, 11) is 1.18. The molecule has 4 bridgehead atoms. The Hall–Kier alpha value is -2.01. The maximum Gasteiger partial charge on any atom is 0.312 e. The van der Waals surface area contributed by atoms with Crippen LogP contribution in [0, 0.1) is 28.6 Å². The van der Waals surface area contributed by atoms with Crippen molar-refractivity contribution in [3.05, 3.63) is 12.2 Å². The predicted molar refractivity (Wildman–Crippen MR) is 140 cm³/mol. The van der Waals surface area contributed by atoms with Gasteiger partial charge in [-0.1, -0.05) is 32.9 Å². The molecule has 0 unspecified atom stereocenters. The van der Waals surface area contributed by atoms with Crippen molar-refractivity contribution in [3.63, 3.8) is 0 Å². The number of aliphatic hydroxyl groups excluding tert-OH is 3. The van der Waals surface area contributed by atoms with Crippen molar-refractivity contribution >= 4 is 17.8 Å². The van der Waals surface area contributed by atoms with Gasteiger partial charge < -0.3 is 35.4 Å². The molecule has 10 nitrogen and oxygen atoms in total. The van der Waals surface area contributed by atoms with Gasteiger partial charge in [0.1, 0.15) is 31.0 Å². The lowest BCUT2D eigenvalue weighted by molar-refractivity contribution is -0.171. The highest BCUT2D eigenvalue weighted by molar-refractivity contribution is 5.89. The molecule has 38 heavy (non-hydrogen) atoms. The molecule has 4 fully saturated rings. The SMILES string of the molecule is CO[C@@H](C(=O)N[C@@H](C)C(=O)NCCOC(=O)C12CC3CC(CC(C3)C1)C2)[C@H](O)[C@@H](O)[C@H](O)C=CC(C)(C)C. The Kier molecular flexibility index (Phi) is 10.00. The van der Waals surface area contributed by atoms with Gasteiger partial charge in [0.2, 0.25) is 5.91 Å². The third kappa shape index (κ3) is 7.55. The first-order valence-corrected chi connectivity index (χ1v) is 13.8. The average molecular weight is 539 g/mol. The fraction of sp³-hybridized carbons (Fsp3) is 0.821. The van der Waals surface area contributed by atoms with Crippen molar-refractivity contribution in [2.45, 2.75) is 96.7 Å². The van der Waals surface area contributed by atoms with Crippen molar-refractivity contribution in [1.82, 2.24) is 10.6 Å². The molecule has 2 amide bonds. The number of allylic oxidation sites excluding steroid dienone is 1. The Bertz CT molecular complexity index is 847. The Morgan fingerprint density at radius 1 is 0.974 bits per heavy atom. The van der Waals surface area contributed by atoms with E-state index in [0.29, 0.717) is 17.8 Å². The highest BCUT2D eigenvalue weighted by Crippen LogP contribution is 2.60. The quantitative estimate of drug-likeness (QED) is 0.140. The molecule has 0 heterocycles. The monoisotopic (exact) mass is 538 g/mol. The third-order valence-electron chi connectivity index (χ3n) is 8.17. The highest BCUT2D eigenvalue weighted by atomic mass is 16.5. The van der Waals surface area contributed by atoms with E-state index in [1.807, 2.05) is 20.8 Å². The smallest absolute Gasteiger partial charge is 0.312 e. The number of hydrogen-bond acceptors (Lipinski definition) is 8. The van der Waals surface area contributed by atoms with Crippen LogP contribution in [0.5, 0.6) is 0 Å². The minimum atomic E-state index is -1.74. The molecular weight excluding hydrogens is 492 g/mol. The number of carbonyl (C=O) groups is 3. The number of esters is 1. The number of carbonyl (C=O) groups excluding carboxylic acids is 3. The third-order valence-corrected chi connectivity index (χ3v) is 8.17. The number of rotatable bonds is 12. The minimum Gasteiger partial charge on any atom is -0.463 e. The largest absolute Gasteiger partial charge is 0.463 e. The molecule has 0 aromatic carbocycles. The minimum absolute atomic E-state index is 0.0541. The van der Waals surface area contributed by atoms with Gasteiger partial charge in [-0.2, -0.15) is 0 Å². The molecule has 216 valence electrons. The number of aliphatic hydroxyl groups is 3. The number of ether oxygens (including phenoxy) is 2. The molecular formula is C28H46N2O8. The first kappa shape index (κ1) is 30.5. The Morgan fingerprint density at radius 3 is 2.03 bits per heavy atom. The summed E-state index contributed by atoms with van der Waals surface area (Å²) in [4.78, 5) is 38.0. The normalized spacial score (nSPS) is 30.4. The Morgan fingerprint density at radius 2 is 1.53 bits per heavy atom. The van der Waals surface area contributed by atoms with E-state index < -0.39 is 42.3 Å². The fourth-order valence-electron chi connectivity index (χ4n) is 6.63. The number of amides is 2. The van der Waals surface area contributed by atoms with Crippen molar-refractivity contribution in [3.8, 4) is 0 Å². The van der Waals surface area contributed by atoms with E-state index in [4.69, 9.17) is 9.47 Å². The van der Waals surface area contributed by atoms with Gasteiger partial charge in [0.05, 0.1) is 12.0 Å². The summed E-state index contributed by atoms with van der Waals surface area (Å²) in [5.41, 5.74) is -0.601. The molecule has 10 heteroatoms. The maximum absolute atomic E-state index is 12.9. The second-order valence-corrected chi connectivity index (χ2v) is 12.7. The summed E-state index contributed by atoms with van der Waals surface area (Å²) in [5, 5.41) is 36.0. The zero-order valence-corrected chi connectivity index (χ0v) is 23.3. The van der Waals surface area contributed by atoms with Gasteiger partial charge in [-0.3, -0.25) is 14.4 Å². The van der Waals surface area contributed by atoms with E-state index in [1.54, 1.807) is 6.08 Å². The second-order valence-electron chi connectivity index (χ2n) is 12.7. The fourth-order valence-corrected chi connectivity index (χ4v) is 6.63. The lowest BCUT2D eigenvalue weighted by Gasteiger charge is -2.55. The second kappa shape index (κ2) is 12.4. The summed E-state index contributed by atoms with van der Waals surface area (Å²) in [6, 6.07) is -0.978. The summed E-state index contributed by atoms with van der Waals surface area (Å²) in [6.07, 6.45) is 3.14. The molecule has 4 saturated carbocycles. The lowest BCUT2D eigenvalue weighted by Crippen LogP contribution is -2.55. The van der Waals surface area contributed by atoms with E-state index >= 15 is 0 Å². The molecule has 0 saturated heterocycles. The van der Waals surface area contributed by atoms with Crippen molar-refractivity contribution in [2.75, 3.05) is 20.3 Å². The summed E-state index contributed by atoms with van der Waals surface area (Å²) >= 11 is 0. The van der Waals surface area contributed by atoms with E-state index in [0.717, 1.165) is 19.3 Å². The van der Waals surface area contributed by atoms with Crippen LogP contribution in [0.15, 0.2) is 12.2 Å². The lowest BCUT2D eigenvalue weighted by atomic mass is 9.49. The summed E-state index contributed by atoms with van der Waals surface area (Å²) in [5.74, 6) is 0.441. The zero-order chi connectivity index (χ0) is 28.3.